The quantitative estimate of drug-likeness (QED) is 0.698. The van der Waals surface area contributed by atoms with Crippen molar-refractivity contribution in [1.29, 1.82) is 0 Å². The molecule has 1 aromatic carbocycles. The lowest BCUT2D eigenvalue weighted by Gasteiger charge is -2.22. The fourth-order valence-corrected chi connectivity index (χ4v) is 3.23. The van der Waals surface area contributed by atoms with Gasteiger partial charge in [-0.1, -0.05) is 18.2 Å². The number of para-hydroxylation sites is 1. The van der Waals surface area contributed by atoms with Gasteiger partial charge >= 0.3 is 0 Å². The summed E-state index contributed by atoms with van der Waals surface area (Å²) in [6.45, 7) is 2.58. The van der Waals surface area contributed by atoms with E-state index in [1.807, 2.05) is 48.1 Å². The molecule has 0 radical (unpaired) electrons. The van der Waals surface area contributed by atoms with E-state index in [1.165, 1.54) is 11.1 Å². The molecule has 3 heterocycles. The average Bonchev–Trinajstić information content (AvgIpc) is 3.17. The smallest absolute Gasteiger partial charge is 0.227 e. The van der Waals surface area contributed by atoms with Crippen molar-refractivity contribution in [2.75, 3.05) is 37.4 Å². The Labute approximate surface area is 159 Å². The summed E-state index contributed by atoms with van der Waals surface area (Å²) in [6, 6.07) is 10.2. The second kappa shape index (κ2) is 7.75. The van der Waals surface area contributed by atoms with Crippen LogP contribution in [0.3, 0.4) is 0 Å². The second-order valence-corrected chi connectivity index (χ2v) is 6.92. The van der Waals surface area contributed by atoms with Gasteiger partial charge in [0.05, 0.1) is 17.6 Å². The Morgan fingerprint density at radius 1 is 1.19 bits per heavy atom. The Bertz CT molecular complexity index is 902. The predicted molar refractivity (Wildman–Crippen MR) is 108 cm³/mol. The van der Waals surface area contributed by atoms with E-state index in [0.717, 1.165) is 55.6 Å². The maximum Gasteiger partial charge on any atom is 0.227 e. The summed E-state index contributed by atoms with van der Waals surface area (Å²) < 4.78 is 1.91. The van der Waals surface area contributed by atoms with Crippen molar-refractivity contribution in [2.45, 2.75) is 19.4 Å². The zero-order valence-electron chi connectivity index (χ0n) is 15.8. The molecule has 4 rings (SSSR count). The Hall–Kier alpha value is -2.93. The molecule has 2 aromatic heterocycles. The van der Waals surface area contributed by atoms with Crippen molar-refractivity contribution in [2.24, 2.45) is 0 Å². The molecule has 0 spiro atoms. The van der Waals surface area contributed by atoms with Gasteiger partial charge in [-0.3, -0.25) is 0 Å². The van der Waals surface area contributed by atoms with Crippen LogP contribution < -0.4 is 15.5 Å². The van der Waals surface area contributed by atoms with Crippen LogP contribution in [0.2, 0.25) is 0 Å². The number of fused-ring (bicyclic) bond motifs is 1. The highest BCUT2D eigenvalue weighted by Gasteiger charge is 2.18. The molecule has 0 atom stereocenters. The standard InChI is InChI=1S/C20H25N7/c1-26(2)20-24-18-13-21-10-9-17(18)19(25-20)22-11-8-15-12-23-27(14-15)16-6-4-3-5-7-16/h3-7,12,14,21H,8-11,13H2,1-2H3,(H,22,24,25). The van der Waals surface area contributed by atoms with Gasteiger partial charge in [0.2, 0.25) is 5.95 Å². The van der Waals surface area contributed by atoms with Crippen molar-refractivity contribution in [1.82, 2.24) is 25.1 Å². The third-order valence-corrected chi connectivity index (χ3v) is 4.69. The highest BCUT2D eigenvalue weighted by molar-refractivity contribution is 5.52. The van der Waals surface area contributed by atoms with E-state index in [0.29, 0.717) is 0 Å². The molecule has 140 valence electrons. The molecule has 1 aliphatic rings. The van der Waals surface area contributed by atoms with Crippen LogP contribution in [0.5, 0.6) is 0 Å². The van der Waals surface area contributed by atoms with Gasteiger partial charge in [-0.15, -0.1) is 0 Å². The number of aromatic nitrogens is 4. The molecule has 27 heavy (non-hydrogen) atoms. The Morgan fingerprint density at radius 3 is 2.85 bits per heavy atom. The maximum atomic E-state index is 4.72. The van der Waals surface area contributed by atoms with Crippen molar-refractivity contribution >= 4 is 11.8 Å². The van der Waals surface area contributed by atoms with Gasteiger partial charge in [-0.25, -0.2) is 9.67 Å². The number of benzene rings is 1. The van der Waals surface area contributed by atoms with Gasteiger partial charge < -0.3 is 15.5 Å². The monoisotopic (exact) mass is 363 g/mol. The average molecular weight is 363 g/mol. The van der Waals surface area contributed by atoms with Gasteiger partial charge in [0.1, 0.15) is 5.82 Å². The van der Waals surface area contributed by atoms with Crippen LogP contribution in [0.4, 0.5) is 11.8 Å². The summed E-state index contributed by atoms with van der Waals surface area (Å²) in [5, 5.41) is 11.4. The number of rotatable bonds is 6. The number of nitrogens with zero attached hydrogens (tertiary/aromatic N) is 5. The summed E-state index contributed by atoms with van der Waals surface area (Å²) >= 11 is 0. The van der Waals surface area contributed by atoms with E-state index < -0.39 is 0 Å². The zero-order chi connectivity index (χ0) is 18.6. The molecule has 2 N–H and O–H groups in total. The minimum Gasteiger partial charge on any atom is -0.369 e. The van der Waals surface area contributed by atoms with E-state index in [9.17, 15) is 0 Å². The second-order valence-electron chi connectivity index (χ2n) is 6.92. The van der Waals surface area contributed by atoms with Crippen molar-refractivity contribution in [3.63, 3.8) is 0 Å². The van der Waals surface area contributed by atoms with E-state index in [4.69, 9.17) is 4.98 Å². The maximum absolute atomic E-state index is 4.72. The van der Waals surface area contributed by atoms with Crippen molar-refractivity contribution in [3.05, 3.63) is 59.5 Å². The summed E-state index contributed by atoms with van der Waals surface area (Å²) in [6.07, 6.45) is 5.86. The first kappa shape index (κ1) is 17.5. The highest BCUT2D eigenvalue weighted by Crippen LogP contribution is 2.22. The van der Waals surface area contributed by atoms with Crippen LogP contribution in [-0.4, -0.2) is 46.9 Å². The molecule has 7 nitrogen and oxygen atoms in total. The van der Waals surface area contributed by atoms with Crippen LogP contribution in [0, 0.1) is 0 Å². The number of hydrogen-bond donors (Lipinski definition) is 2. The fraction of sp³-hybridized carbons (Fsp3) is 0.350. The predicted octanol–water partition coefficient (Wildman–Crippen LogP) is 2.03. The van der Waals surface area contributed by atoms with Crippen LogP contribution in [0.1, 0.15) is 16.8 Å². The molecule has 0 saturated carbocycles. The van der Waals surface area contributed by atoms with Crippen LogP contribution >= 0.6 is 0 Å². The molecule has 0 amide bonds. The summed E-state index contributed by atoms with van der Waals surface area (Å²) in [7, 11) is 3.94. The molecule has 0 bridgehead atoms. The Balaban J connectivity index is 1.45. The van der Waals surface area contributed by atoms with Crippen molar-refractivity contribution in [3.8, 4) is 5.69 Å². The summed E-state index contributed by atoms with van der Waals surface area (Å²) in [5.41, 5.74) is 4.60. The Kier molecular flexibility index (Phi) is 5.02. The molecule has 0 aliphatic carbocycles. The van der Waals surface area contributed by atoms with Gasteiger partial charge in [0.15, 0.2) is 0 Å². The molecule has 3 aromatic rings. The van der Waals surface area contributed by atoms with E-state index in [2.05, 4.69) is 39.0 Å². The molecule has 7 heteroatoms. The minimum atomic E-state index is 0.747. The van der Waals surface area contributed by atoms with Gasteiger partial charge in [0.25, 0.3) is 0 Å². The number of anilines is 2. The SMILES string of the molecule is CN(C)c1nc2c(c(NCCc3cnn(-c4ccccc4)c3)n1)CCNC2. The van der Waals surface area contributed by atoms with Crippen LogP contribution in [-0.2, 0) is 19.4 Å². The van der Waals surface area contributed by atoms with Crippen molar-refractivity contribution < 1.29 is 0 Å². The van der Waals surface area contributed by atoms with Gasteiger partial charge in [0, 0.05) is 38.9 Å². The Morgan fingerprint density at radius 2 is 2.04 bits per heavy atom. The zero-order valence-corrected chi connectivity index (χ0v) is 15.8. The molecule has 1 aliphatic heterocycles. The van der Waals surface area contributed by atoms with E-state index >= 15 is 0 Å². The van der Waals surface area contributed by atoms with E-state index in [1.54, 1.807) is 0 Å². The third kappa shape index (κ3) is 3.93. The largest absolute Gasteiger partial charge is 0.369 e. The lowest BCUT2D eigenvalue weighted by molar-refractivity contribution is 0.623. The lowest BCUT2D eigenvalue weighted by Crippen LogP contribution is -2.28. The number of hydrogen-bond acceptors (Lipinski definition) is 6. The number of nitrogens with one attached hydrogen (secondary N) is 2. The third-order valence-electron chi connectivity index (χ3n) is 4.69. The normalized spacial score (nSPS) is 13.3. The minimum absolute atomic E-state index is 0.747. The first-order valence-electron chi connectivity index (χ1n) is 9.31. The first-order valence-corrected chi connectivity index (χ1v) is 9.31. The topological polar surface area (TPSA) is 70.9 Å². The molecule has 0 unspecified atom stereocenters. The molecule has 0 fully saturated rings. The molecule has 0 saturated heterocycles. The van der Waals surface area contributed by atoms with Gasteiger partial charge in [-0.2, -0.15) is 10.1 Å². The molecular formula is C20H25N7. The first-order chi connectivity index (χ1) is 13.2. The lowest BCUT2D eigenvalue weighted by atomic mass is 10.1. The van der Waals surface area contributed by atoms with Crippen LogP contribution in [0.15, 0.2) is 42.7 Å². The summed E-state index contributed by atoms with van der Waals surface area (Å²) in [4.78, 5) is 11.3. The fourth-order valence-electron chi connectivity index (χ4n) is 3.23. The molecular weight excluding hydrogens is 338 g/mol. The van der Waals surface area contributed by atoms with Gasteiger partial charge in [-0.05, 0) is 37.1 Å². The van der Waals surface area contributed by atoms with Crippen LogP contribution in [0.25, 0.3) is 5.69 Å². The van der Waals surface area contributed by atoms with E-state index in [-0.39, 0.29) is 0 Å². The summed E-state index contributed by atoms with van der Waals surface area (Å²) in [5.74, 6) is 1.71. The highest BCUT2D eigenvalue weighted by atomic mass is 15.3.